The first-order valence-electron chi connectivity index (χ1n) is 7.75. The predicted molar refractivity (Wildman–Crippen MR) is 89.6 cm³/mol. The number of aryl methyl sites for hydroxylation is 1. The number of rotatable bonds is 6. The Labute approximate surface area is 143 Å². The zero-order valence-electron chi connectivity index (χ0n) is 13.5. The van der Waals surface area contributed by atoms with Gasteiger partial charge in [-0.05, 0) is 48.5 Å². The Morgan fingerprint density at radius 1 is 1.12 bits per heavy atom. The minimum absolute atomic E-state index is 0.170. The second kappa shape index (κ2) is 7.57. The molecule has 0 aliphatic carbocycles. The molecule has 1 heterocycles. The molecule has 0 unspecified atom stereocenters. The number of ether oxygens (including phenoxy) is 1. The summed E-state index contributed by atoms with van der Waals surface area (Å²) in [5.41, 5.74) is 1.39. The number of carbonyl (C=O) groups is 1. The van der Waals surface area contributed by atoms with E-state index in [9.17, 15) is 9.18 Å². The van der Waals surface area contributed by atoms with Crippen molar-refractivity contribution in [2.45, 2.75) is 13.3 Å². The van der Waals surface area contributed by atoms with Gasteiger partial charge in [-0.3, -0.25) is 4.79 Å². The molecule has 6 nitrogen and oxygen atoms in total. The number of nitrogens with one attached hydrogen (secondary N) is 1. The van der Waals surface area contributed by atoms with E-state index in [1.54, 1.807) is 24.3 Å². The van der Waals surface area contributed by atoms with Gasteiger partial charge in [0.2, 0.25) is 11.8 Å². The van der Waals surface area contributed by atoms with Crippen LogP contribution in [0, 0.1) is 5.82 Å². The highest BCUT2D eigenvalue weighted by molar-refractivity contribution is 5.92. The predicted octanol–water partition coefficient (Wildman–Crippen LogP) is 3.46. The van der Waals surface area contributed by atoms with E-state index in [-0.39, 0.29) is 18.3 Å². The number of hydrogen-bond acceptors (Lipinski definition) is 5. The highest BCUT2D eigenvalue weighted by Crippen LogP contribution is 2.20. The molecule has 0 bridgehead atoms. The maximum absolute atomic E-state index is 12.8. The number of anilines is 1. The molecule has 7 heteroatoms. The van der Waals surface area contributed by atoms with E-state index in [0.29, 0.717) is 29.6 Å². The normalized spacial score (nSPS) is 10.5. The Bertz CT molecular complexity index is 845. The van der Waals surface area contributed by atoms with Crippen molar-refractivity contribution in [1.29, 1.82) is 0 Å². The molecular weight excluding hydrogens is 325 g/mol. The monoisotopic (exact) mass is 341 g/mol. The molecule has 0 saturated carbocycles. The van der Waals surface area contributed by atoms with Crippen molar-refractivity contribution < 1.29 is 18.3 Å². The van der Waals surface area contributed by atoms with E-state index in [1.807, 2.05) is 6.92 Å². The van der Waals surface area contributed by atoms with Crippen molar-refractivity contribution in [3.8, 4) is 17.2 Å². The van der Waals surface area contributed by atoms with Gasteiger partial charge in [-0.15, -0.1) is 10.2 Å². The summed E-state index contributed by atoms with van der Waals surface area (Å²) in [6.45, 7) is 1.76. The lowest BCUT2D eigenvalue weighted by Crippen LogP contribution is -2.20. The maximum Gasteiger partial charge on any atom is 0.262 e. The van der Waals surface area contributed by atoms with Crippen LogP contribution in [0.15, 0.2) is 52.9 Å². The van der Waals surface area contributed by atoms with Gasteiger partial charge in [-0.2, -0.15) is 0 Å². The summed E-state index contributed by atoms with van der Waals surface area (Å²) < 4.78 is 23.6. The summed E-state index contributed by atoms with van der Waals surface area (Å²) >= 11 is 0. The Kier molecular flexibility index (Phi) is 5.03. The third-order valence-corrected chi connectivity index (χ3v) is 3.37. The lowest BCUT2D eigenvalue weighted by atomic mass is 10.2. The highest BCUT2D eigenvalue weighted by atomic mass is 19.1. The molecule has 3 aromatic rings. The third kappa shape index (κ3) is 4.41. The van der Waals surface area contributed by atoms with Crippen LogP contribution >= 0.6 is 0 Å². The van der Waals surface area contributed by atoms with E-state index in [2.05, 4.69) is 15.5 Å². The molecule has 2 aromatic carbocycles. The molecule has 0 radical (unpaired) electrons. The van der Waals surface area contributed by atoms with Crippen molar-refractivity contribution >= 4 is 11.6 Å². The molecule has 1 amide bonds. The number of hydrogen-bond donors (Lipinski definition) is 1. The maximum atomic E-state index is 12.8. The number of aromatic nitrogens is 2. The fourth-order valence-corrected chi connectivity index (χ4v) is 2.09. The van der Waals surface area contributed by atoms with E-state index in [4.69, 9.17) is 9.15 Å². The van der Waals surface area contributed by atoms with Crippen molar-refractivity contribution in [2.75, 3.05) is 11.9 Å². The average molecular weight is 341 g/mol. The van der Waals surface area contributed by atoms with Crippen LogP contribution in [0.3, 0.4) is 0 Å². The molecule has 0 spiro atoms. The van der Waals surface area contributed by atoms with E-state index in [0.717, 1.165) is 5.56 Å². The van der Waals surface area contributed by atoms with Crippen molar-refractivity contribution in [3.63, 3.8) is 0 Å². The smallest absolute Gasteiger partial charge is 0.262 e. The van der Waals surface area contributed by atoms with Gasteiger partial charge < -0.3 is 14.5 Å². The van der Waals surface area contributed by atoms with E-state index < -0.39 is 0 Å². The van der Waals surface area contributed by atoms with E-state index in [1.165, 1.54) is 24.3 Å². The minimum Gasteiger partial charge on any atom is -0.484 e. The van der Waals surface area contributed by atoms with Crippen LogP contribution in [-0.4, -0.2) is 22.7 Å². The Morgan fingerprint density at radius 3 is 2.48 bits per heavy atom. The molecule has 1 aromatic heterocycles. The molecule has 3 rings (SSSR count). The average Bonchev–Trinajstić information content (AvgIpc) is 3.11. The molecule has 0 aliphatic heterocycles. The second-order valence-corrected chi connectivity index (χ2v) is 5.22. The Hall–Kier alpha value is -3.22. The van der Waals surface area contributed by atoms with Gasteiger partial charge in [0.15, 0.2) is 6.61 Å². The van der Waals surface area contributed by atoms with E-state index >= 15 is 0 Å². The first-order valence-corrected chi connectivity index (χ1v) is 7.75. The van der Waals surface area contributed by atoms with Crippen molar-refractivity contribution in [1.82, 2.24) is 10.2 Å². The van der Waals surface area contributed by atoms with Gasteiger partial charge in [0.1, 0.15) is 11.6 Å². The lowest BCUT2D eigenvalue weighted by molar-refractivity contribution is -0.118. The highest BCUT2D eigenvalue weighted by Gasteiger charge is 2.08. The zero-order chi connectivity index (χ0) is 17.6. The number of amides is 1. The van der Waals surface area contributed by atoms with Gasteiger partial charge in [-0.1, -0.05) is 6.92 Å². The van der Waals surface area contributed by atoms with Crippen molar-refractivity contribution in [3.05, 3.63) is 60.2 Å². The largest absolute Gasteiger partial charge is 0.484 e. The van der Waals surface area contributed by atoms with Gasteiger partial charge >= 0.3 is 0 Å². The summed E-state index contributed by atoms with van der Waals surface area (Å²) in [6.07, 6.45) is 0.676. The first kappa shape index (κ1) is 16.6. The van der Waals surface area contributed by atoms with Crippen LogP contribution in [0.25, 0.3) is 11.5 Å². The standard InChI is InChI=1S/C18H16FN3O3/c1-2-17-21-22-18(25-17)12-3-7-14(8-4-12)20-16(23)11-24-15-9-5-13(19)6-10-15/h3-10H,2,11H2,1H3,(H,20,23). The summed E-state index contributed by atoms with van der Waals surface area (Å²) in [5, 5.41) is 10.6. The van der Waals surface area contributed by atoms with Crippen LogP contribution in [0.4, 0.5) is 10.1 Å². The molecule has 0 atom stereocenters. The molecule has 128 valence electrons. The first-order chi connectivity index (χ1) is 12.1. The van der Waals surface area contributed by atoms with Gasteiger partial charge in [0.05, 0.1) is 0 Å². The van der Waals surface area contributed by atoms with Crippen LogP contribution in [-0.2, 0) is 11.2 Å². The fourth-order valence-electron chi connectivity index (χ4n) is 2.09. The molecular formula is C18H16FN3O3. The summed E-state index contributed by atoms with van der Waals surface area (Å²) in [7, 11) is 0. The molecule has 25 heavy (non-hydrogen) atoms. The Balaban J connectivity index is 1.55. The summed E-state index contributed by atoms with van der Waals surface area (Å²) in [5.74, 6) is 0.766. The number of nitrogens with zero attached hydrogens (tertiary/aromatic N) is 2. The lowest BCUT2D eigenvalue weighted by Gasteiger charge is -2.07. The van der Waals surface area contributed by atoms with Crippen LogP contribution in [0.5, 0.6) is 5.75 Å². The van der Waals surface area contributed by atoms with Gasteiger partial charge in [0.25, 0.3) is 5.91 Å². The summed E-state index contributed by atoms with van der Waals surface area (Å²) in [4.78, 5) is 11.9. The van der Waals surface area contributed by atoms with Crippen LogP contribution in [0.1, 0.15) is 12.8 Å². The topological polar surface area (TPSA) is 77.2 Å². The van der Waals surface area contributed by atoms with Gasteiger partial charge in [-0.25, -0.2) is 4.39 Å². The van der Waals surface area contributed by atoms with Crippen molar-refractivity contribution in [2.24, 2.45) is 0 Å². The zero-order valence-corrected chi connectivity index (χ0v) is 13.5. The molecule has 0 saturated heterocycles. The fraction of sp³-hybridized carbons (Fsp3) is 0.167. The number of benzene rings is 2. The minimum atomic E-state index is -0.357. The number of carbonyl (C=O) groups excluding carboxylic acids is 1. The molecule has 0 aliphatic rings. The number of halogens is 1. The quantitative estimate of drug-likeness (QED) is 0.743. The SMILES string of the molecule is CCc1nnc(-c2ccc(NC(=O)COc3ccc(F)cc3)cc2)o1. The molecule has 0 fully saturated rings. The van der Waals surface area contributed by atoms with Crippen LogP contribution in [0.2, 0.25) is 0 Å². The third-order valence-electron chi connectivity index (χ3n) is 3.37. The van der Waals surface area contributed by atoms with Crippen LogP contribution < -0.4 is 10.1 Å². The second-order valence-electron chi connectivity index (χ2n) is 5.22. The van der Waals surface area contributed by atoms with Gasteiger partial charge in [0, 0.05) is 17.7 Å². The molecule has 1 N–H and O–H groups in total. The summed E-state index contributed by atoms with van der Waals surface area (Å²) in [6, 6.07) is 12.5. The Morgan fingerprint density at radius 2 is 1.84 bits per heavy atom.